The number of hydrogen-bond acceptors (Lipinski definition) is 0. The quantitative estimate of drug-likeness (QED) is 0.685. The molecule has 0 aliphatic rings. The lowest BCUT2D eigenvalue weighted by Crippen LogP contribution is -2.00. The highest BCUT2D eigenvalue weighted by atomic mass is 35.5. The molecule has 1 atom stereocenters. The Morgan fingerprint density at radius 3 is 2.00 bits per heavy atom. The maximum Gasteiger partial charge on any atom is 0.131 e. The van der Waals surface area contributed by atoms with Crippen LogP contribution in [0.2, 0.25) is 0 Å². The van der Waals surface area contributed by atoms with Gasteiger partial charge in [0.25, 0.3) is 0 Å². The molecular formula is C14H11ClF2. The molecule has 0 aliphatic carbocycles. The lowest BCUT2D eigenvalue weighted by Gasteiger charge is -2.12. The van der Waals surface area contributed by atoms with Gasteiger partial charge >= 0.3 is 0 Å². The third-order valence-corrected chi connectivity index (χ3v) is 3.09. The number of benzene rings is 2. The van der Waals surface area contributed by atoms with E-state index in [2.05, 4.69) is 0 Å². The Balaban J connectivity index is 2.43. The van der Waals surface area contributed by atoms with Gasteiger partial charge in [-0.2, -0.15) is 0 Å². The molecule has 2 aromatic rings. The number of alkyl halides is 1. The van der Waals surface area contributed by atoms with E-state index in [0.717, 1.165) is 5.56 Å². The summed E-state index contributed by atoms with van der Waals surface area (Å²) < 4.78 is 27.1. The topological polar surface area (TPSA) is 0 Å². The average molecular weight is 253 g/mol. The molecule has 0 amide bonds. The molecule has 88 valence electrons. The van der Waals surface area contributed by atoms with Gasteiger partial charge in [0.2, 0.25) is 0 Å². The highest BCUT2D eigenvalue weighted by Crippen LogP contribution is 2.32. The molecule has 0 saturated carbocycles. The maximum absolute atomic E-state index is 13.5. The van der Waals surface area contributed by atoms with Crippen molar-refractivity contribution < 1.29 is 8.78 Å². The molecule has 3 heteroatoms. The summed E-state index contributed by atoms with van der Waals surface area (Å²) in [6.07, 6.45) is 0. The van der Waals surface area contributed by atoms with Crippen LogP contribution in [0.25, 0.3) is 0 Å². The summed E-state index contributed by atoms with van der Waals surface area (Å²) in [5.41, 5.74) is 1.66. The van der Waals surface area contributed by atoms with Gasteiger partial charge in [-0.15, -0.1) is 11.6 Å². The second-order valence-electron chi connectivity index (χ2n) is 3.91. The van der Waals surface area contributed by atoms with E-state index in [1.165, 1.54) is 18.2 Å². The van der Waals surface area contributed by atoms with Gasteiger partial charge in [0.1, 0.15) is 11.6 Å². The number of aryl methyl sites for hydroxylation is 1. The molecule has 0 N–H and O–H groups in total. The minimum Gasteiger partial charge on any atom is -0.207 e. The van der Waals surface area contributed by atoms with E-state index in [4.69, 9.17) is 11.6 Å². The molecule has 0 aromatic heterocycles. The molecule has 2 rings (SSSR count). The zero-order valence-electron chi connectivity index (χ0n) is 9.25. The van der Waals surface area contributed by atoms with Crippen molar-refractivity contribution >= 4 is 11.6 Å². The minimum atomic E-state index is -0.809. The third kappa shape index (κ3) is 2.47. The van der Waals surface area contributed by atoms with Crippen LogP contribution in [0.1, 0.15) is 22.1 Å². The minimum absolute atomic E-state index is 0.0991. The maximum atomic E-state index is 13.5. The van der Waals surface area contributed by atoms with E-state index in [1.54, 1.807) is 12.1 Å². The first-order chi connectivity index (χ1) is 8.09. The summed E-state index contributed by atoms with van der Waals surface area (Å²) >= 11 is 6.11. The number of rotatable bonds is 2. The Hall–Kier alpha value is -1.41. The van der Waals surface area contributed by atoms with Gasteiger partial charge in [0.05, 0.1) is 5.38 Å². The first kappa shape index (κ1) is 12.1. The lowest BCUT2D eigenvalue weighted by molar-refractivity contribution is 0.559. The third-order valence-electron chi connectivity index (χ3n) is 2.62. The standard InChI is InChI=1S/C14H11ClF2/c1-9-5-7-10(8-6-9)14(15)13-11(16)3-2-4-12(13)17/h2-8,14H,1H3. The summed E-state index contributed by atoms with van der Waals surface area (Å²) in [5, 5.41) is -0.809. The van der Waals surface area contributed by atoms with Gasteiger partial charge < -0.3 is 0 Å². The SMILES string of the molecule is Cc1ccc(C(Cl)c2c(F)cccc2F)cc1. The molecular weight excluding hydrogens is 242 g/mol. The van der Waals surface area contributed by atoms with E-state index in [-0.39, 0.29) is 5.56 Å². The summed E-state index contributed by atoms with van der Waals surface area (Å²) in [4.78, 5) is 0. The van der Waals surface area contributed by atoms with E-state index in [9.17, 15) is 8.78 Å². The molecule has 0 aliphatic heterocycles. The number of hydrogen-bond donors (Lipinski definition) is 0. The van der Waals surface area contributed by atoms with Crippen LogP contribution in [0.4, 0.5) is 8.78 Å². The van der Waals surface area contributed by atoms with Crippen LogP contribution in [0.3, 0.4) is 0 Å². The first-order valence-electron chi connectivity index (χ1n) is 5.24. The normalized spacial score (nSPS) is 12.5. The van der Waals surface area contributed by atoms with Crippen LogP contribution in [0, 0.1) is 18.6 Å². The monoisotopic (exact) mass is 252 g/mol. The fourth-order valence-electron chi connectivity index (χ4n) is 1.65. The average Bonchev–Trinajstić information content (AvgIpc) is 2.29. The Labute approximate surface area is 104 Å². The summed E-state index contributed by atoms with van der Waals surface area (Å²) in [6.45, 7) is 1.94. The zero-order chi connectivity index (χ0) is 12.4. The van der Waals surface area contributed by atoms with Crippen molar-refractivity contribution in [2.24, 2.45) is 0 Å². The molecule has 0 spiro atoms. The van der Waals surface area contributed by atoms with Crippen molar-refractivity contribution in [3.05, 3.63) is 70.8 Å². The molecule has 1 unspecified atom stereocenters. The molecule has 2 aromatic carbocycles. The van der Waals surface area contributed by atoms with Gasteiger partial charge in [-0.3, -0.25) is 0 Å². The Morgan fingerprint density at radius 1 is 0.941 bits per heavy atom. The molecule has 0 heterocycles. The second-order valence-corrected chi connectivity index (χ2v) is 4.35. The van der Waals surface area contributed by atoms with Gasteiger partial charge in [0.15, 0.2) is 0 Å². The van der Waals surface area contributed by atoms with Crippen molar-refractivity contribution in [3.63, 3.8) is 0 Å². The largest absolute Gasteiger partial charge is 0.207 e. The summed E-state index contributed by atoms with van der Waals surface area (Å²) in [5.74, 6) is -1.24. The van der Waals surface area contributed by atoms with Crippen LogP contribution < -0.4 is 0 Å². The van der Waals surface area contributed by atoms with Crippen LogP contribution in [-0.4, -0.2) is 0 Å². The molecule has 0 fully saturated rings. The van der Waals surface area contributed by atoms with Gasteiger partial charge in [-0.05, 0) is 24.6 Å². The van der Waals surface area contributed by atoms with Crippen molar-refractivity contribution in [1.82, 2.24) is 0 Å². The summed E-state index contributed by atoms with van der Waals surface area (Å²) in [7, 11) is 0. The smallest absolute Gasteiger partial charge is 0.131 e. The zero-order valence-corrected chi connectivity index (χ0v) is 10.0. The van der Waals surface area contributed by atoms with Crippen molar-refractivity contribution in [1.29, 1.82) is 0 Å². The Bertz CT molecular complexity index is 500. The highest BCUT2D eigenvalue weighted by Gasteiger charge is 2.19. The van der Waals surface area contributed by atoms with Crippen LogP contribution >= 0.6 is 11.6 Å². The molecule has 0 radical (unpaired) electrons. The van der Waals surface area contributed by atoms with Crippen LogP contribution in [0.15, 0.2) is 42.5 Å². The predicted molar refractivity (Wildman–Crippen MR) is 65.2 cm³/mol. The van der Waals surface area contributed by atoms with Crippen molar-refractivity contribution in [2.75, 3.05) is 0 Å². The first-order valence-corrected chi connectivity index (χ1v) is 5.68. The lowest BCUT2D eigenvalue weighted by atomic mass is 10.0. The van der Waals surface area contributed by atoms with Gasteiger partial charge in [-0.25, -0.2) is 8.78 Å². The van der Waals surface area contributed by atoms with E-state index in [0.29, 0.717) is 5.56 Å². The van der Waals surface area contributed by atoms with Gasteiger partial charge in [0, 0.05) is 5.56 Å². The fraction of sp³-hybridized carbons (Fsp3) is 0.143. The molecule has 0 bridgehead atoms. The molecule has 0 nitrogen and oxygen atoms in total. The van der Waals surface area contributed by atoms with Crippen molar-refractivity contribution in [3.8, 4) is 0 Å². The van der Waals surface area contributed by atoms with E-state index >= 15 is 0 Å². The van der Waals surface area contributed by atoms with Crippen molar-refractivity contribution in [2.45, 2.75) is 12.3 Å². The second kappa shape index (κ2) is 4.84. The van der Waals surface area contributed by atoms with Crippen LogP contribution in [0.5, 0.6) is 0 Å². The van der Waals surface area contributed by atoms with E-state index < -0.39 is 17.0 Å². The Morgan fingerprint density at radius 2 is 1.47 bits per heavy atom. The van der Waals surface area contributed by atoms with Gasteiger partial charge in [-0.1, -0.05) is 35.9 Å². The predicted octanol–water partition coefficient (Wildman–Crippen LogP) is 4.60. The summed E-state index contributed by atoms with van der Waals surface area (Å²) in [6, 6.07) is 11.0. The Kier molecular flexibility index (Phi) is 3.43. The van der Waals surface area contributed by atoms with Crippen LogP contribution in [-0.2, 0) is 0 Å². The highest BCUT2D eigenvalue weighted by molar-refractivity contribution is 6.22. The number of halogens is 3. The fourth-order valence-corrected chi connectivity index (χ4v) is 2.01. The molecule has 0 saturated heterocycles. The van der Waals surface area contributed by atoms with E-state index in [1.807, 2.05) is 19.1 Å². The molecule has 17 heavy (non-hydrogen) atoms.